The van der Waals surface area contributed by atoms with Gasteiger partial charge in [0, 0.05) is 7.05 Å². The molecule has 1 N–H and O–H groups in total. The van der Waals surface area contributed by atoms with E-state index in [1.165, 1.54) is 31.3 Å². The lowest BCUT2D eigenvalue weighted by Crippen LogP contribution is -2.38. The van der Waals surface area contributed by atoms with E-state index in [9.17, 15) is 0 Å². The Balaban J connectivity index is 2.60. The van der Waals surface area contributed by atoms with Crippen LogP contribution in [-0.4, -0.2) is 7.05 Å². The maximum atomic E-state index is 3.17. The third-order valence-electron chi connectivity index (χ3n) is 5.55. The van der Waals surface area contributed by atoms with Crippen LogP contribution in [0.5, 0.6) is 0 Å². The molecular formula is C20H37N. The Labute approximate surface area is 133 Å². The fraction of sp³-hybridized carbons (Fsp3) is 0.800. The SMILES string of the molecule is C/C=C\CC(CC(C)/C(C)=C/NC)C1CC(C(C)(C)C)C1. The van der Waals surface area contributed by atoms with E-state index in [1.807, 2.05) is 7.05 Å². The largest absolute Gasteiger partial charge is 0.394 e. The standard InChI is InChI=1S/C20H37N/c1-8-9-10-17(11-15(2)16(3)14-21-7)18-12-19(13-18)20(4,5)6/h8-9,14-15,17-19,21H,10-13H2,1-7H3/b9-8-,16-14+. The molecule has 0 bridgehead atoms. The molecule has 1 fully saturated rings. The molecule has 1 rings (SSSR count). The van der Waals surface area contributed by atoms with Crippen molar-refractivity contribution in [1.29, 1.82) is 0 Å². The van der Waals surface area contributed by atoms with E-state index < -0.39 is 0 Å². The molecule has 2 unspecified atom stereocenters. The van der Waals surface area contributed by atoms with E-state index in [4.69, 9.17) is 0 Å². The molecule has 0 spiro atoms. The number of nitrogens with one attached hydrogen (secondary N) is 1. The molecule has 0 heterocycles. The molecule has 122 valence electrons. The molecule has 1 aliphatic carbocycles. The van der Waals surface area contributed by atoms with Gasteiger partial charge in [-0.2, -0.15) is 0 Å². The number of hydrogen-bond donors (Lipinski definition) is 1. The smallest absolute Gasteiger partial charge is 0.00276 e. The van der Waals surface area contributed by atoms with E-state index >= 15 is 0 Å². The minimum Gasteiger partial charge on any atom is -0.394 e. The van der Waals surface area contributed by atoms with Crippen molar-refractivity contribution in [3.8, 4) is 0 Å². The molecule has 0 aromatic heterocycles. The average Bonchev–Trinajstić information content (AvgIpc) is 2.32. The highest BCUT2D eigenvalue weighted by molar-refractivity contribution is 5.02. The number of allylic oxidation sites excluding steroid dienone is 3. The summed E-state index contributed by atoms with van der Waals surface area (Å²) in [5.74, 6) is 3.41. The quantitative estimate of drug-likeness (QED) is 0.585. The Kier molecular flexibility index (Phi) is 7.03. The highest BCUT2D eigenvalue weighted by Gasteiger charge is 2.40. The van der Waals surface area contributed by atoms with Crippen LogP contribution in [0.3, 0.4) is 0 Å². The third kappa shape index (κ3) is 5.52. The van der Waals surface area contributed by atoms with Crippen molar-refractivity contribution >= 4 is 0 Å². The maximum absolute atomic E-state index is 3.17. The summed E-state index contributed by atoms with van der Waals surface area (Å²) >= 11 is 0. The Morgan fingerprint density at radius 2 is 1.90 bits per heavy atom. The fourth-order valence-corrected chi connectivity index (χ4v) is 3.56. The Morgan fingerprint density at radius 1 is 1.29 bits per heavy atom. The second-order valence-corrected chi connectivity index (χ2v) is 8.17. The van der Waals surface area contributed by atoms with E-state index in [1.54, 1.807) is 0 Å². The molecule has 2 atom stereocenters. The second-order valence-electron chi connectivity index (χ2n) is 8.17. The van der Waals surface area contributed by atoms with Crippen molar-refractivity contribution in [2.24, 2.45) is 29.1 Å². The topological polar surface area (TPSA) is 12.0 Å². The molecule has 0 amide bonds. The molecule has 0 radical (unpaired) electrons. The lowest BCUT2D eigenvalue weighted by molar-refractivity contribution is 0.0343. The summed E-state index contributed by atoms with van der Waals surface area (Å²) in [6.45, 7) is 14.0. The molecule has 1 heteroatoms. The van der Waals surface area contributed by atoms with Gasteiger partial charge in [0.2, 0.25) is 0 Å². The highest BCUT2D eigenvalue weighted by atomic mass is 14.8. The fourth-order valence-electron chi connectivity index (χ4n) is 3.56. The van der Waals surface area contributed by atoms with Crippen molar-refractivity contribution < 1.29 is 0 Å². The lowest BCUT2D eigenvalue weighted by atomic mass is 9.58. The van der Waals surface area contributed by atoms with Crippen LogP contribution in [0.25, 0.3) is 0 Å². The van der Waals surface area contributed by atoms with Crippen molar-refractivity contribution in [3.05, 3.63) is 23.9 Å². The van der Waals surface area contributed by atoms with E-state index in [-0.39, 0.29) is 0 Å². The normalized spacial score (nSPS) is 26.5. The minimum atomic E-state index is 0.495. The van der Waals surface area contributed by atoms with Gasteiger partial charge in [-0.15, -0.1) is 0 Å². The Bertz CT molecular complexity index is 353. The summed E-state index contributed by atoms with van der Waals surface area (Å²) in [7, 11) is 1.99. The summed E-state index contributed by atoms with van der Waals surface area (Å²) in [5, 5.41) is 3.17. The maximum Gasteiger partial charge on any atom is 0.00276 e. The van der Waals surface area contributed by atoms with Gasteiger partial charge in [0.25, 0.3) is 0 Å². The third-order valence-corrected chi connectivity index (χ3v) is 5.55. The van der Waals surface area contributed by atoms with Gasteiger partial charge < -0.3 is 5.32 Å². The van der Waals surface area contributed by atoms with E-state index in [0.717, 1.165) is 17.8 Å². The van der Waals surface area contributed by atoms with Crippen molar-refractivity contribution in [2.75, 3.05) is 7.05 Å². The first-order chi connectivity index (χ1) is 9.79. The van der Waals surface area contributed by atoms with Crippen molar-refractivity contribution in [1.82, 2.24) is 5.32 Å². The van der Waals surface area contributed by atoms with Gasteiger partial charge in [0.15, 0.2) is 0 Å². The molecular weight excluding hydrogens is 254 g/mol. The van der Waals surface area contributed by atoms with Crippen molar-refractivity contribution in [3.63, 3.8) is 0 Å². The summed E-state index contributed by atoms with van der Waals surface area (Å²) < 4.78 is 0. The summed E-state index contributed by atoms with van der Waals surface area (Å²) in [5.41, 5.74) is 1.98. The summed E-state index contributed by atoms with van der Waals surface area (Å²) in [6.07, 6.45) is 12.2. The van der Waals surface area contributed by atoms with Gasteiger partial charge in [-0.3, -0.25) is 0 Å². The zero-order valence-corrected chi connectivity index (χ0v) is 15.4. The van der Waals surface area contributed by atoms with Gasteiger partial charge >= 0.3 is 0 Å². The first-order valence-electron chi connectivity index (χ1n) is 8.74. The Morgan fingerprint density at radius 3 is 2.38 bits per heavy atom. The van der Waals surface area contributed by atoms with Crippen LogP contribution >= 0.6 is 0 Å². The predicted molar refractivity (Wildman–Crippen MR) is 95.2 cm³/mol. The lowest BCUT2D eigenvalue weighted by Gasteiger charge is -2.47. The Hall–Kier alpha value is -0.720. The van der Waals surface area contributed by atoms with Gasteiger partial charge in [0.1, 0.15) is 0 Å². The van der Waals surface area contributed by atoms with Crippen LogP contribution in [0.1, 0.15) is 67.2 Å². The molecule has 0 aliphatic heterocycles. The first-order valence-corrected chi connectivity index (χ1v) is 8.74. The molecule has 1 nitrogen and oxygen atoms in total. The molecule has 1 saturated carbocycles. The van der Waals surface area contributed by atoms with Crippen LogP contribution in [0.15, 0.2) is 23.9 Å². The molecule has 1 aliphatic rings. The van der Waals surface area contributed by atoms with E-state index in [2.05, 4.69) is 65.2 Å². The van der Waals surface area contributed by atoms with Crippen LogP contribution in [0, 0.1) is 29.1 Å². The molecule has 0 saturated heterocycles. The van der Waals surface area contributed by atoms with Gasteiger partial charge in [0.05, 0.1) is 0 Å². The van der Waals surface area contributed by atoms with Gasteiger partial charge in [-0.05, 0) is 74.8 Å². The molecule has 0 aromatic carbocycles. The van der Waals surface area contributed by atoms with Crippen LogP contribution < -0.4 is 5.32 Å². The zero-order valence-electron chi connectivity index (χ0n) is 15.4. The van der Waals surface area contributed by atoms with E-state index in [0.29, 0.717) is 11.3 Å². The highest BCUT2D eigenvalue weighted by Crippen LogP contribution is 2.50. The molecule has 0 aromatic rings. The minimum absolute atomic E-state index is 0.495. The van der Waals surface area contributed by atoms with Crippen LogP contribution in [0.4, 0.5) is 0 Å². The van der Waals surface area contributed by atoms with Crippen molar-refractivity contribution in [2.45, 2.75) is 67.2 Å². The number of hydrogen-bond acceptors (Lipinski definition) is 1. The summed E-state index contributed by atoms with van der Waals surface area (Å²) in [6, 6.07) is 0. The van der Waals surface area contributed by atoms with Crippen LogP contribution in [0.2, 0.25) is 0 Å². The molecule has 21 heavy (non-hydrogen) atoms. The average molecular weight is 292 g/mol. The monoisotopic (exact) mass is 291 g/mol. The second kappa shape index (κ2) is 8.06. The van der Waals surface area contributed by atoms with Gasteiger partial charge in [-0.1, -0.05) is 45.4 Å². The van der Waals surface area contributed by atoms with Crippen LogP contribution in [-0.2, 0) is 0 Å². The predicted octanol–water partition coefficient (Wildman–Crippen LogP) is 5.79. The van der Waals surface area contributed by atoms with Gasteiger partial charge in [-0.25, -0.2) is 0 Å². The summed E-state index contributed by atoms with van der Waals surface area (Å²) in [4.78, 5) is 0. The zero-order chi connectivity index (χ0) is 16.0. The number of rotatable bonds is 7. The first kappa shape index (κ1) is 18.3.